The third-order valence-corrected chi connectivity index (χ3v) is 3.94. The van der Waals surface area contributed by atoms with Crippen molar-refractivity contribution >= 4 is 28.2 Å². The molecule has 21 heavy (non-hydrogen) atoms. The number of aliphatic hydroxyl groups is 1. The number of hydrogen-bond donors (Lipinski definition) is 4. The standard InChI is InChI=1S/C13H24N4O3S/c1-9(8-18)4-3-5-15-12(19)10-11(14)17-13(21-10)16-6-7-20-2/h9,18H,3-8,14H2,1-2H3,(H,15,19)(H,16,17). The van der Waals surface area contributed by atoms with Crippen molar-refractivity contribution in [2.45, 2.75) is 19.8 Å². The molecule has 1 amide bonds. The van der Waals surface area contributed by atoms with Gasteiger partial charge in [-0.25, -0.2) is 4.98 Å². The molecule has 1 heterocycles. The van der Waals surface area contributed by atoms with Gasteiger partial charge in [0.25, 0.3) is 5.91 Å². The predicted molar refractivity (Wildman–Crippen MR) is 84.7 cm³/mol. The fourth-order valence-electron chi connectivity index (χ4n) is 1.65. The molecule has 8 heteroatoms. The van der Waals surface area contributed by atoms with Crippen molar-refractivity contribution in [1.29, 1.82) is 0 Å². The number of aliphatic hydroxyl groups excluding tert-OH is 1. The van der Waals surface area contributed by atoms with Gasteiger partial charge in [-0.1, -0.05) is 18.3 Å². The van der Waals surface area contributed by atoms with E-state index in [4.69, 9.17) is 15.6 Å². The van der Waals surface area contributed by atoms with E-state index < -0.39 is 0 Å². The van der Waals surface area contributed by atoms with Crippen LogP contribution in [0.5, 0.6) is 0 Å². The first-order valence-corrected chi connectivity index (χ1v) is 7.78. The number of rotatable bonds is 10. The lowest BCUT2D eigenvalue weighted by molar-refractivity contribution is 0.0957. The molecule has 0 fully saturated rings. The Morgan fingerprint density at radius 3 is 2.95 bits per heavy atom. The topological polar surface area (TPSA) is 110 Å². The van der Waals surface area contributed by atoms with Crippen LogP contribution in [0.15, 0.2) is 0 Å². The first-order chi connectivity index (χ1) is 10.1. The van der Waals surface area contributed by atoms with Crippen molar-refractivity contribution in [3.63, 3.8) is 0 Å². The van der Waals surface area contributed by atoms with Crippen LogP contribution < -0.4 is 16.4 Å². The first-order valence-electron chi connectivity index (χ1n) is 6.96. The van der Waals surface area contributed by atoms with E-state index >= 15 is 0 Å². The smallest absolute Gasteiger partial charge is 0.265 e. The van der Waals surface area contributed by atoms with Crippen LogP contribution in [-0.2, 0) is 4.74 Å². The third kappa shape index (κ3) is 6.28. The molecule has 7 nitrogen and oxygen atoms in total. The fourth-order valence-corrected chi connectivity index (χ4v) is 2.48. The summed E-state index contributed by atoms with van der Waals surface area (Å²) in [5.74, 6) is 0.287. The minimum Gasteiger partial charge on any atom is -0.396 e. The van der Waals surface area contributed by atoms with E-state index in [-0.39, 0.29) is 24.2 Å². The maximum atomic E-state index is 12.0. The van der Waals surface area contributed by atoms with Crippen molar-refractivity contribution < 1.29 is 14.6 Å². The number of nitrogens with one attached hydrogen (secondary N) is 2. The number of amides is 1. The summed E-state index contributed by atoms with van der Waals surface area (Å²) < 4.78 is 4.93. The minimum atomic E-state index is -0.207. The molecule has 1 unspecified atom stereocenters. The predicted octanol–water partition coefficient (Wildman–Crippen LogP) is 0.922. The Labute approximate surface area is 128 Å². The van der Waals surface area contributed by atoms with Crippen LogP contribution >= 0.6 is 11.3 Å². The zero-order valence-electron chi connectivity index (χ0n) is 12.5. The Kier molecular flexibility index (Phi) is 8.03. The van der Waals surface area contributed by atoms with Crippen LogP contribution in [0.3, 0.4) is 0 Å². The minimum absolute atomic E-state index is 0.173. The van der Waals surface area contributed by atoms with Gasteiger partial charge >= 0.3 is 0 Å². The zero-order chi connectivity index (χ0) is 15.7. The molecule has 0 saturated heterocycles. The van der Waals surface area contributed by atoms with Crippen molar-refractivity contribution in [2.24, 2.45) is 5.92 Å². The number of anilines is 2. The molecule has 0 radical (unpaired) electrons. The fraction of sp³-hybridized carbons (Fsp3) is 0.692. The molecule has 1 atom stereocenters. The quantitative estimate of drug-likeness (QED) is 0.478. The molecule has 0 aromatic carbocycles. The number of methoxy groups -OCH3 is 1. The molecule has 1 rings (SSSR count). The Morgan fingerprint density at radius 1 is 1.52 bits per heavy atom. The highest BCUT2D eigenvalue weighted by molar-refractivity contribution is 7.18. The van der Waals surface area contributed by atoms with Crippen molar-refractivity contribution in [2.75, 3.05) is 44.5 Å². The summed E-state index contributed by atoms with van der Waals surface area (Å²) in [7, 11) is 1.62. The summed E-state index contributed by atoms with van der Waals surface area (Å²) in [5.41, 5.74) is 5.75. The normalized spacial score (nSPS) is 12.1. The molecule has 1 aromatic heterocycles. The van der Waals surface area contributed by atoms with Gasteiger partial charge in [0.15, 0.2) is 5.13 Å². The summed E-state index contributed by atoms with van der Waals surface area (Å²) >= 11 is 1.23. The second-order valence-corrected chi connectivity index (χ2v) is 5.84. The largest absolute Gasteiger partial charge is 0.396 e. The van der Waals surface area contributed by atoms with Gasteiger partial charge in [0.2, 0.25) is 0 Å². The van der Waals surface area contributed by atoms with Crippen LogP contribution in [0.4, 0.5) is 10.9 Å². The van der Waals surface area contributed by atoms with Gasteiger partial charge in [-0.05, 0) is 18.8 Å². The number of carbonyl (C=O) groups is 1. The number of thiazole rings is 1. The summed E-state index contributed by atoms with van der Waals surface area (Å²) in [6.45, 7) is 3.88. The Bertz CT molecular complexity index is 439. The SMILES string of the molecule is COCCNc1nc(N)c(C(=O)NCCCC(C)CO)s1. The molecular weight excluding hydrogens is 292 g/mol. The van der Waals surface area contributed by atoms with Gasteiger partial charge in [0.05, 0.1) is 6.61 Å². The van der Waals surface area contributed by atoms with Crippen molar-refractivity contribution in [1.82, 2.24) is 10.3 Å². The van der Waals surface area contributed by atoms with Crippen LogP contribution in [-0.4, -0.2) is 49.4 Å². The molecule has 0 spiro atoms. The van der Waals surface area contributed by atoms with Crippen LogP contribution in [0.1, 0.15) is 29.4 Å². The van der Waals surface area contributed by atoms with Gasteiger partial charge in [-0.3, -0.25) is 4.79 Å². The number of ether oxygens (including phenoxy) is 1. The second kappa shape index (κ2) is 9.54. The summed E-state index contributed by atoms with van der Waals surface area (Å²) in [5, 5.41) is 15.4. The van der Waals surface area contributed by atoms with Gasteiger partial charge < -0.3 is 26.2 Å². The zero-order valence-corrected chi connectivity index (χ0v) is 13.3. The number of aromatic nitrogens is 1. The number of nitrogen functional groups attached to an aromatic ring is 1. The third-order valence-electron chi connectivity index (χ3n) is 2.91. The van der Waals surface area contributed by atoms with E-state index in [1.807, 2.05) is 6.92 Å². The van der Waals surface area contributed by atoms with Crippen LogP contribution in [0.2, 0.25) is 0 Å². The number of nitrogens with two attached hydrogens (primary N) is 1. The summed E-state index contributed by atoms with van der Waals surface area (Å²) in [6, 6.07) is 0. The highest BCUT2D eigenvalue weighted by Gasteiger charge is 2.15. The highest BCUT2D eigenvalue weighted by atomic mass is 32.1. The van der Waals surface area contributed by atoms with Crippen molar-refractivity contribution in [3.05, 3.63) is 4.88 Å². The summed E-state index contributed by atoms with van der Waals surface area (Å²) in [6.07, 6.45) is 1.70. The van der Waals surface area contributed by atoms with Gasteiger partial charge in [0.1, 0.15) is 10.7 Å². The maximum Gasteiger partial charge on any atom is 0.265 e. The van der Waals surface area contributed by atoms with E-state index in [2.05, 4.69) is 15.6 Å². The van der Waals surface area contributed by atoms with Crippen LogP contribution in [0, 0.1) is 5.92 Å². The Hall–Kier alpha value is -1.38. The Morgan fingerprint density at radius 2 is 2.29 bits per heavy atom. The van der Waals surface area contributed by atoms with Crippen LogP contribution in [0.25, 0.3) is 0 Å². The number of nitrogens with zero attached hydrogens (tertiary/aromatic N) is 1. The highest BCUT2D eigenvalue weighted by Crippen LogP contribution is 2.24. The van der Waals surface area contributed by atoms with Crippen molar-refractivity contribution in [3.8, 4) is 0 Å². The summed E-state index contributed by atoms with van der Waals surface area (Å²) in [4.78, 5) is 16.5. The molecule has 0 saturated carbocycles. The molecule has 0 aliphatic rings. The lowest BCUT2D eigenvalue weighted by Crippen LogP contribution is -2.24. The van der Waals surface area contributed by atoms with Gasteiger partial charge in [0, 0.05) is 26.8 Å². The average molecular weight is 316 g/mol. The molecule has 0 aliphatic carbocycles. The van der Waals surface area contributed by atoms with E-state index in [9.17, 15) is 4.79 Å². The average Bonchev–Trinajstić information content (AvgIpc) is 2.84. The van der Waals surface area contributed by atoms with E-state index in [1.54, 1.807) is 7.11 Å². The van der Waals surface area contributed by atoms with Gasteiger partial charge in [-0.2, -0.15) is 0 Å². The maximum absolute atomic E-state index is 12.0. The molecular formula is C13H24N4O3S. The lowest BCUT2D eigenvalue weighted by Gasteiger charge is -2.07. The molecule has 0 aliphatic heterocycles. The molecule has 120 valence electrons. The molecule has 1 aromatic rings. The van der Waals surface area contributed by atoms with E-state index in [0.29, 0.717) is 29.7 Å². The number of carbonyl (C=O) groups excluding carboxylic acids is 1. The molecule has 0 bridgehead atoms. The van der Waals surface area contributed by atoms with E-state index in [0.717, 1.165) is 12.8 Å². The monoisotopic (exact) mass is 316 g/mol. The number of hydrogen-bond acceptors (Lipinski definition) is 7. The second-order valence-electron chi connectivity index (χ2n) is 4.84. The van der Waals surface area contributed by atoms with E-state index in [1.165, 1.54) is 11.3 Å². The lowest BCUT2D eigenvalue weighted by atomic mass is 10.1. The van der Waals surface area contributed by atoms with Gasteiger partial charge in [-0.15, -0.1) is 0 Å². The first kappa shape index (κ1) is 17.7. The molecule has 5 N–H and O–H groups in total. The Balaban J connectivity index is 2.39.